The second-order valence-electron chi connectivity index (χ2n) is 3.77. The smallest absolute Gasteiger partial charge is 0.329 e. The Bertz CT molecular complexity index is 397. The van der Waals surface area contributed by atoms with E-state index in [1.165, 1.54) is 17.3 Å². The number of carboxylic acid groups (broad SMARTS) is 1. The van der Waals surface area contributed by atoms with E-state index in [1.807, 2.05) is 30.3 Å². The lowest BCUT2D eigenvalue weighted by Gasteiger charge is -2.05. The molecule has 0 atom stereocenters. The fourth-order valence-electron chi connectivity index (χ4n) is 1.31. The summed E-state index contributed by atoms with van der Waals surface area (Å²) in [5.41, 5.74) is 1.19. The zero-order chi connectivity index (χ0) is 13.9. The molecule has 0 radical (unpaired) electrons. The van der Waals surface area contributed by atoms with Gasteiger partial charge in [0, 0.05) is 12.3 Å². The lowest BCUT2D eigenvalue weighted by Crippen LogP contribution is -2.29. The molecule has 0 spiro atoms. The van der Waals surface area contributed by atoms with Gasteiger partial charge in [-0.2, -0.15) is 0 Å². The number of hydrogen-bond acceptors (Lipinski definition) is 4. The monoisotopic (exact) mass is 283 g/mol. The number of aliphatic carboxylic acids is 1. The van der Waals surface area contributed by atoms with E-state index in [1.54, 1.807) is 0 Å². The number of carbonyl (C=O) groups is 2. The van der Waals surface area contributed by atoms with E-state index >= 15 is 0 Å². The fraction of sp³-hybridized carbons (Fsp3) is 0.385. The summed E-state index contributed by atoms with van der Waals surface area (Å²) in [5, 5.41) is 11.0. The van der Waals surface area contributed by atoms with Crippen molar-refractivity contribution in [2.75, 3.05) is 25.5 Å². The molecule has 0 bridgehead atoms. The number of hydrogen-bond donors (Lipinski definition) is 2. The second kappa shape index (κ2) is 9.41. The first kappa shape index (κ1) is 15.5. The summed E-state index contributed by atoms with van der Waals surface area (Å²) in [6.07, 6.45) is 0. The van der Waals surface area contributed by atoms with Crippen molar-refractivity contribution < 1.29 is 19.4 Å². The van der Waals surface area contributed by atoms with Gasteiger partial charge >= 0.3 is 5.97 Å². The molecule has 1 aromatic carbocycles. The Hall–Kier alpha value is -1.53. The standard InChI is InChI=1S/C13H17NO4S/c15-12(14-6-7-18-8-13(16)17)10-19-9-11-4-2-1-3-5-11/h1-5H,6-10H2,(H,14,15)(H,16,17). The van der Waals surface area contributed by atoms with Crippen LogP contribution in [0.1, 0.15) is 5.56 Å². The van der Waals surface area contributed by atoms with Crippen LogP contribution in [0.2, 0.25) is 0 Å². The maximum absolute atomic E-state index is 11.4. The highest BCUT2D eigenvalue weighted by atomic mass is 32.2. The summed E-state index contributed by atoms with van der Waals surface area (Å²) in [4.78, 5) is 21.6. The topological polar surface area (TPSA) is 75.6 Å². The molecular formula is C13H17NO4S. The SMILES string of the molecule is O=C(O)COCCNC(=O)CSCc1ccccc1. The number of benzene rings is 1. The van der Waals surface area contributed by atoms with E-state index < -0.39 is 5.97 Å². The minimum absolute atomic E-state index is 0.0696. The van der Waals surface area contributed by atoms with Crippen LogP contribution in [-0.2, 0) is 20.1 Å². The Morgan fingerprint density at radius 1 is 1.26 bits per heavy atom. The van der Waals surface area contributed by atoms with Crippen LogP contribution in [0.4, 0.5) is 0 Å². The van der Waals surface area contributed by atoms with Crippen LogP contribution in [0.3, 0.4) is 0 Å². The Morgan fingerprint density at radius 2 is 2.00 bits per heavy atom. The summed E-state index contributed by atoms with van der Waals surface area (Å²) < 4.78 is 4.80. The van der Waals surface area contributed by atoms with Gasteiger partial charge < -0.3 is 15.2 Å². The van der Waals surface area contributed by atoms with Crippen molar-refractivity contribution >= 4 is 23.6 Å². The van der Waals surface area contributed by atoms with Gasteiger partial charge in [0.25, 0.3) is 0 Å². The Morgan fingerprint density at radius 3 is 2.68 bits per heavy atom. The molecule has 0 aliphatic rings. The van der Waals surface area contributed by atoms with Crippen LogP contribution in [0.15, 0.2) is 30.3 Å². The van der Waals surface area contributed by atoms with Gasteiger partial charge in [-0.25, -0.2) is 4.79 Å². The second-order valence-corrected chi connectivity index (χ2v) is 4.76. The van der Waals surface area contributed by atoms with Crippen molar-refractivity contribution in [2.24, 2.45) is 0 Å². The highest BCUT2D eigenvalue weighted by molar-refractivity contribution is 7.99. The molecule has 5 nitrogen and oxygen atoms in total. The van der Waals surface area contributed by atoms with Gasteiger partial charge in [0.1, 0.15) is 6.61 Å². The van der Waals surface area contributed by atoms with Crippen molar-refractivity contribution in [3.05, 3.63) is 35.9 Å². The quantitative estimate of drug-likeness (QED) is 0.665. The van der Waals surface area contributed by atoms with Gasteiger partial charge in [-0.15, -0.1) is 11.8 Å². The van der Waals surface area contributed by atoms with E-state index in [4.69, 9.17) is 9.84 Å². The molecular weight excluding hydrogens is 266 g/mol. The van der Waals surface area contributed by atoms with Crippen molar-refractivity contribution in [3.63, 3.8) is 0 Å². The molecule has 6 heteroatoms. The molecule has 0 unspecified atom stereocenters. The normalized spacial score (nSPS) is 10.1. The molecule has 0 fully saturated rings. The Balaban J connectivity index is 2.01. The fourth-order valence-corrected chi connectivity index (χ4v) is 2.13. The molecule has 0 saturated heterocycles. The molecule has 2 N–H and O–H groups in total. The highest BCUT2D eigenvalue weighted by Crippen LogP contribution is 2.10. The molecule has 0 saturated carbocycles. The molecule has 1 aromatic rings. The molecule has 0 aliphatic carbocycles. The van der Waals surface area contributed by atoms with Crippen LogP contribution in [0, 0.1) is 0 Å². The van der Waals surface area contributed by atoms with Crippen LogP contribution in [0.25, 0.3) is 0 Å². The van der Waals surface area contributed by atoms with E-state index in [0.29, 0.717) is 12.3 Å². The molecule has 1 amide bonds. The zero-order valence-electron chi connectivity index (χ0n) is 10.5. The van der Waals surface area contributed by atoms with Crippen molar-refractivity contribution in [3.8, 4) is 0 Å². The minimum Gasteiger partial charge on any atom is -0.480 e. The van der Waals surface area contributed by atoms with Crippen LogP contribution in [0.5, 0.6) is 0 Å². The summed E-state index contributed by atoms with van der Waals surface area (Å²) in [6, 6.07) is 9.93. The lowest BCUT2D eigenvalue weighted by atomic mass is 10.2. The number of amides is 1. The molecule has 19 heavy (non-hydrogen) atoms. The van der Waals surface area contributed by atoms with Gasteiger partial charge in [0.2, 0.25) is 5.91 Å². The Labute approximate surface area is 116 Å². The average Bonchev–Trinajstić information content (AvgIpc) is 2.39. The van der Waals surface area contributed by atoms with Crippen LogP contribution >= 0.6 is 11.8 Å². The third-order valence-electron chi connectivity index (χ3n) is 2.14. The maximum atomic E-state index is 11.4. The van der Waals surface area contributed by atoms with E-state index in [-0.39, 0.29) is 19.1 Å². The number of thioether (sulfide) groups is 1. The van der Waals surface area contributed by atoms with Gasteiger partial charge in [0.05, 0.1) is 12.4 Å². The summed E-state index contributed by atoms with van der Waals surface area (Å²) in [5.74, 6) is 0.0991. The van der Waals surface area contributed by atoms with Crippen molar-refractivity contribution in [1.29, 1.82) is 0 Å². The van der Waals surface area contributed by atoms with Gasteiger partial charge in [0.15, 0.2) is 0 Å². The van der Waals surface area contributed by atoms with Crippen LogP contribution < -0.4 is 5.32 Å². The number of nitrogens with one attached hydrogen (secondary N) is 1. The zero-order valence-corrected chi connectivity index (χ0v) is 11.3. The van der Waals surface area contributed by atoms with Gasteiger partial charge in [-0.3, -0.25) is 4.79 Å². The summed E-state index contributed by atoms with van der Waals surface area (Å²) in [7, 11) is 0. The minimum atomic E-state index is -1.01. The largest absolute Gasteiger partial charge is 0.480 e. The lowest BCUT2D eigenvalue weighted by molar-refractivity contribution is -0.142. The third-order valence-corrected chi connectivity index (χ3v) is 3.14. The first-order valence-electron chi connectivity index (χ1n) is 5.86. The van der Waals surface area contributed by atoms with Gasteiger partial charge in [-0.1, -0.05) is 30.3 Å². The highest BCUT2D eigenvalue weighted by Gasteiger charge is 2.02. The predicted octanol–water partition coefficient (Wildman–Crippen LogP) is 1.14. The van der Waals surface area contributed by atoms with E-state index in [9.17, 15) is 9.59 Å². The number of carbonyl (C=O) groups excluding carboxylic acids is 1. The Kier molecular flexibility index (Phi) is 7.69. The average molecular weight is 283 g/mol. The summed E-state index contributed by atoms with van der Waals surface area (Å²) in [6.45, 7) is 0.206. The van der Waals surface area contributed by atoms with E-state index in [2.05, 4.69) is 5.32 Å². The number of ether oxygens (including phenoxy) is 1. The van der Waals surface area contributed by atoms with Crippen molar-refractivity contribution in [2.45, 2.75) is 5.75 Å². The van der Waals surface area contributed by atoms with Gasteiger partial charge in [-0.05, 0) is 5.56 Å². The summed E-state index contributed by atoms with van der Waals surface area (Å²) >= 11 is 1.54. The maximum Gasteiger partial charge on any atom is 0.329 e. The van der Waals surface area contributed by atoms with Crippen molar-refractivity contribution in [1.82, 2.24) is 5.32 Å². The molecule has 1 rings (SSSR count). The molecule has 0 heterocycles. The molecule has 0 aromatic heterocycles. The first-order valence-corrected chi connectivity index (χ1v) is 7.02. The number of carboxylic acids is 1. The van der Waals surface area contributed by atoms with Crippen LogP contribution in [-0.4, -0.2) is 42.5 Å². The molecule has 0 aliphatic heterocycles. The predicted molar refractivity (Wildman–Crippen MR) is 74.1 cm³/mol. The molecule has 104 valence electrons. The third kappa shape index (κ3) is 8.23. The van der Waals surface area contributed by atoms with E-state index in [0.717, 1.165) is 5.75 Å². The number of rotatable bonds is 9. The first-order chi connectivity index (χ1) is 9.18.